The SMILES string of the molecule is CC1=C2CCc3c(nn(C)c3-c3cccc(F)c3)[C@@]2(C)C=C(C#N)C1O. The van der Waals surface area contributed by atoms with Crippen molar-refractivity contribution in [3.05, 3.63) is 64.1 Å². The first-order chi connectivity index (χ1) is 12.4. The van der Waals surface area contributed by atoms with Gasteiger partial charge in [-0.05, 0) is 44.4 Å². The lowest BCUT2D eigenvalue weighted by Crippen LogP contribution is -2.36. The van der Waals surface area contributed by atoms with Crippen LogP contribution in [0.3, 0.4) is 0 Å². The van der Waals surface area contributed by atoms with Crippen LogP contribution in [0, 0.1) is 17.1 Å². The number of allylic oxidation sites excluding steroid dienone is 2. The molecule has 0 spiro atoms. The number of aryl methyl sites for hydroxylation is 1. The molecule has 132 valence electrons. The van der Waals surface area contributed by atoms with Crippen molar-refractivity contribution < 1.29 is 9.50 Å². The number of nitrogens with zero attached hydrogens (tertiary/aromatic N) is 3. The van der Waals surface area contributed by atoms with E-state index in [2.05, 4.69) is 13.0 Å². The highest BCUT2D eigenvalue weighted by atomic mass is 19.1. The van der Waals surface area contributed by atoms with Crippen LogP contribution < -0.4 is 0 Å². The number of nitriles is 1. The number of rotatable bonds is 1. The lowest BCUT2D eigenvalue weighted by Gasteiger charge is -2.39. The number of halogens is 1. The van der Waals surface area contributed by atoms with Crippen molar-refractivity contribution in [3.8, 4) is 17.3 Å². The van der Waals surface area contributed by atoms with Crippen LogP contribution in [0.15, 0.2) is 47.1 Å². The number of hydrogen-bond donors (Lipinski definition) is 1. The fraction of sp³-hybridized carbons (Fsp3) is 0.333. The van der Waals surface area contributed by atoms with Crippen LogP contribution in [0.25, 0.3) is 11.3 Å². The smallest absolute Gasteiger partial charge is 0.123 e. The predicted molar refractivity (Wildman–Crippen MR) is 96.7 cm³/mol. The Morgan fingerprint density at radius 3 is 2.85 bits per heavy atom. The van der Waals surface area contributed by atoms with E-state index >= 15 is 0 Å². The second-order valence-corrected chi connectivity index (χ2v) is 7.29. The summed E-state index contributed by atoms with van der Waals surface area (Å²) >= 11 is 0. The summed E-state index contributed by atoms with van der Waals surface area (Å²) in [5, 5.41) is 24.6. The first-order valence-electron chi connectivity index (χ1n) is 8.70. The van der Waals surface area contributed by atoms with Gasteiger partial charge in [0.25, 0.3) is 0 Å². The van der Waals surface area contributed by atoms with Crippen LogP contribution in [0.1, 0.15) is 31.5 Å². The zero-order valence-corrected chi connectivity index (χ0v) is 15.0. The summed E-state index contributed by atoms with van der Waals surface area (Å²) < 4.78 is 15.5. The Kier molecular flexibility index (Phi) is 3.64. The molecule has 0 saturated carbocycles. The van der Waals surface area contributed by atoms with Crippen LogP contribution >= 0.6 is 0 Å². The van der Waals surface area contributed by atoms with Crippen molar-refractivity contribution in [2.45, 2.75) is 38.2 Å². The third-order valence-corrected chi connectivity index (χ3v) is 5.74. The first kappa shape index (κ1) is 16.7. The molecule has 1 N–H and O–H groups in total. The van der Waals surface area contributed by atoms with Gasteiger partial charge < -0.3 is 5.11 Å². The van der Waals surface area contributed by atoms with Crippen molar-refractivity contribution in [2.75, 3.05) is 0 Å². The van der Waals surface area contributed by atoms with Gasteiger partial charge in [-0.25, -0.2) is 4.39 Å². The molecular formula is C21H20FN3O. The molecule has 2 aromatic rings. The van der Waals surface area contributed by atoms with E-state index in [9.17, 15) is 14.8 Å². The van der Waals surface area contributed by atoms with E-state index in [1.807, 2.05) is 26.1 Å². The summed E-state index contributed by atoms with van der Waals surface area (Å²) in [6.45, 7) is 3.94. The maximum atomic E-state index is 13.7. The van der Waals surface area contributed by atoms with Gasteiger partial charge in [-0.3, -0.25) is 4.68 Å². The predicted octanol–water partition coefficient (Wildman–Crippen LogP) is 3.57. The molecule has 4 nitrogen and oxygen atoms in total. The van der Waals surface area contributed by atoms with Crippen LogP contribution in [-0.2, 0) is 18.9 Å². The van der Waals surface area contributed by atoms with Crippen LogP contribution in [0.2, 0.25) is 0 Å². The maximum Gasteiger partial charge on any atom is 0.123 e. The summed E-state index contributed by atoms with van der Waals surface area (Å²) in [5.41, 5.74) is 5.49. The summed E-state index contributed by atoms with van der Waals surface area (Å²) in [6.07, 6.45) is 2.58. The lowest BCUT2D eigenvalue weighted by molar-refractivity contribution is 0.242. The summed E-state index contributed by atoms with van der Waals surface area (Å²) in [7, 11) is 1.87. The minimum absolute atomic E-state index is 0.275. The van der Waals surface area contributed by atoms with Crippen molar-refractivity contribution in [3.63, 3.8) is 0 Å². The molecule has 1 aromatic heterocycles. The normalized spacial score (nSPS) is 24.6. The van der Waals surface area contributed by atoms with Crippen molar-refractivity contribution in [1.82, 2.24) is 9.78 Å². The minimum Gasteiger partial charge on any atom is -0.383 e. The lowest BCUT2D eigenvalue weighted by atomic mass is 9.64. The van der Waals surface area contributed by atoms with Gasteiger partial charge >= 0.3 is 0 Å². The van der Waals surface area contributed by atoms with E-state index in [1.165, 1.54) is 12.1 Å². The molecule has 2 aliphatic rings. The highest BCUT2D eigenvalue weighted by molar-refractivity contribution is 5.68. The van der Waals surface area contributed by atoms with Gasteiger partial charge in [-0.15, -0.1) is 0 Å². The summed E-state index contributed by atoms with van der Waals surface area (Å²) in [6, 6.07) is 8.68. The molecule has 2 aliphatic carbocycles. The molecular weight excluding hydrogens is 329 g/mol. The molecule has 1 heterocycles. The molecule has 5 heteroatoms. The molecule has 4 rings (SSSR count). The van der Waals surface area contributed by atoms with Crippen molar-refractivity contribution in [1.29, 1.82) is 5.26 Å². The summed E-state index contributed by atoms with van der Waals surface area (Å²) in [5.74, 6) is -0.275. The summed E-state index contributed by atoms with van der Waals surface area (Å²) in [4.78, 5) is 0. The Balaban J connectivity index is 1.96. The molecule has 1 unspecified atom stereocenters. The average molecular weight is 349 g/mol. The number of benzene rings is 1. The Hall–Kier alpha value is -2.71. The van der Waals surface area contributed by atoms with E-state index < -0.39 is 11.5 Å². The standard InChI is InChI=1S/C21H20FN3O/c1-12-17-8-7-16-18(13-5-4-6-15(22)9-13)25(3)24-20(16)21(17,2)10-14(11-23)19(12)26/h4-6,9-10,19,26H,7-8H2,1-3H3/t19?,21-/m0/s1. The van der Waals surface area contributed by atoms with Crippen molar-refractivity contribution >= 4 is 0 Å². The van der Waals surface area contributed by atoms with Gasteiger partial charge in [0.1, 0.15) is 11.9 Å². The Bertz CT molecular complexity index is 1020. The molecule has 0 fully saturated rings. The van der Waals surface area contributed by atoms with E-state index in [1.54, 1.807) is 10.7 Å². The zero-order chi connectivity index (χ0) is 18.6. The van der Waals surface area contributed by atoms with Crippen LogP contribution in [0.4, 0.5) is 4.39 Å². The Labute approximate surface area is 151 Å². The average Bonchev–Trinajstić information content (AvgIpc) is 2.95. The number of hydrogen-bond acceptors (Lipinski definition) is 3. The van der Waals surface area contributed by atoms with Crippen LogP contribution in [0.5, 0.6) is 0 Å². The molecule has 0 saturated heterocycles. The molecule has 1 aromatic carbocycles. The van der Waals surface area contributed by atoms with Gasteiger partial charge in [0.05, 0.1) is 28.4 Å². The van der Waals surface area contributed by atoms with Gasteiger partial charge in [-0.2, -0.15) is 10.4 Å². The fourth-order valence-corrected chi connectivity index (χ4v) is 4.52. The zero-order valence-electron chi connectivity index (χ0n) is 15.0. The monoisotopic (exact) mass is 349 g/mol. The number of fused-ring (bicyclic) bond motifs is 3. The van der Waals surface area contributed by atoms with Crippen LogP contribution in [-0.4, -0.2) is 21.0 Å². The molecule has 2 atom stereocenters. The molecule has 0 radical (unpaired) electrons. The van der Waals surface area contributed by atoms with Crippen molar-refractivity contribution in [2.24, 2.45) is 7.05 Å². The molecule has 0 amide bonds. The highest BCUT2D eigenvalue weighted by Gasteiger charge is 2.44. The number of aliphatic hydroxyl groups is 1. The number of aliphatic hydroxyl groups excluding tert-OH is 1. The fourth-order valence-electron chi connectivity index (χ4n) is 4.52. The minimum atomic E-state index is -0.837. The third kappa shape index (κ3) is 2.19. The third-order valence-electron chi connectivity index (χ3n) is 5.74. The number of aromatic nitrogens is 2. The topological polar surface area (TPSA) is 61.8 Å². The second-order valence-electron chi connectivity index (χ2n) is 7.29. The second kappa shape index (κ2) is 5.65. The van der Waals surface area contributed by atoms with E-state index in [0.717, 1.165) is 46.5 Å². The molecule has 26 heavy (non-hydrogen) atoms. The van der Waals surface area contributed by atoms with Gasteiger partial charge in [-0.1, -0.05) is 23.8 Å². The quantitative estimate of drug-likeness (QED) is 0.801. The van der Waals surface area contributed by atoms with Gasteiger partial charge in [0, 0.05) is 18.2 Å². The first-order valence-corrected chi connectivity index (χ1v) is 8.70. The molecule has 0 bridgehead atoms. The van der Waals surface area contributed by atoms with Gasteiger partial charge in [0.15, 0.2) is 0 Å². The highest BCUT2D eigenvalue weighted by Crippen LogP contribution is 2.49. The Morgan fingerprint density at radius 1 is 1.38 bits per heavy atom. The maximum absolute atomic E-state index is 13.7. The Morgan fingerprint density at radius 2 is 2.15 bits per heavy atom. The van der Waals surface area contributed by atoms with E-state index in [-0.39, 0.29) is 5.82 Å². The van der Waals surface area contributed by atoms with E-state index in [0.29, 0.717) is 5.57 Å². The molecule has 0 aliphatic heterocycles. The largest absolute Gasteiger partial charge is 0.383 e. The van der Waals surface area contributed by atoms with E-state index in [4.69, 9.17) is 5.10 Å². The van der Waals surface area contributed by atoms with Gasteiger partial charge in [0.2, 0.25) is 0 Å².